The molecule has 3 rings (SSSR count). The van der Waals surface area contributed by atoms with E-state index in [1.807, 2.05) is 48.5 Å². The monoisotopic (exact) mass is 390 g/mol. The zero-order valence-corrected chi connectivity index (χ0v) is 14.9. The summed E-state index contributed by atoms with van der Waals surface area (Å²) in [4.78, 5) is 18.5. The molecule has 0 radical (unpaired) electrons. The van der Waals surface area contributed by atoms with Gasteiger partial charge in [-0.1, -0.05) is 46.3 Å². The van der Waals surface area contributed by atoms with Crippen LogP contribution in [-0.2, 0) is 16.0 Å². The van der Waals surface area contributed by atoms with Gasteiger partial charge in [0.15, 0.2) is 5.88 Å². The molecule has 118 valence electrons. The van der Waals surface area contributed by atoms with Crippen molar-refractivity contribution in [2.45, 2.75) is 0 Å². The lowest BCUT2D eigenvalue weighted by molar-refractivity contribution is -0.117. The van der Waals surface area contributed by atoms with Gasteiger partial charge < -0.3 is 4.55 Å². The standard InChI is InChI=1S/C17H15BrN2O2S/c1-23(22)11-20-15-8-7-13(18)9-14(15)17(19-10-16(20)21)12-5-3-2-4-6-12/h2-9H,10-11H2,1H3. The average Bonchev–Trinajstić information content (AvgIpc) is 2.66. The van der Waals surface area contributed by atoms with Crippen molar-refractivity contribution in [3.8, 4) is 0 Å². The SMILES string of the molecule is C[S+]([O-])CN1C(=O)CN=C(c2ccccc2)c2cc(Br)ccc21. The summed E-state index contributed by atoms with van der Waals surface area (Å²) in [6.45, 7) is 0.0493. The number of benzodiazepines with no additional fused rings is 1. The smallest absolute Gasteiger partial charge is 0.252 e. The van der Waals surface area contributed by atoms with E-state index in [4.69, 9.17) is 0 Å². The Morgan fingerprint density at radius 3 is 2.70 bits per heavy atom. The van der Waals surface area contributed by atoms with Gasteiger partial charge >= 0.3 is 0 Å². The quantitative estimate of drug-likeness (QED) is 0.756. The minimum absolute atomic E-state index is 0.0493. The van der Waals surface area contributed by atoms with Crippen LogP contribution >= 0.6 is 15.9 Å². The van der Waals surface area contributed by atoms with Crippen LogP contribution in [0.2, 0.25) is 0 Å². The fourth-order valence-electron chi connectivity index (χ4n) is 2.55. The van der Waals surface area contributed by atoms with E-state index in [1.54, 1.807) is 11.2 Å². The minimum atomic E-state index is -1.12. The molecule has 0 bridgehead atoms. The number of carbonyl (C=O) groups excluding carboxylic acids is 1. The van der Waals surface area contributed by atoms with Crippen LogP contribution in [0.4, 0.5) is 5.69 Å². The van der Waals surface area contributed by atoms with Crippen LogP contribution in [0.5, 0.6) is 0 Å². The summed E-state index contributed by atoms with van der Waals surface area (Å²) in [5.41, 5.74) is 3.34. The second-order valence-corrected chi connectivity index (χ2v) is 7.54. The van der Waals surface area contributed by atoms with Crippen LogP contribution in [0.1, 0.15) is 11.1 Å². The molecule has 0 aromatic heterocycles. The molecule has 0 saturated heterocycles. The molecular formula is C17H15BrN2O2S. The highest BCUT2D eigenvalue weighted by Crippen LogP contribution is 2.30. The number of halogens is 1. The predicted molar refractivity (Wildman–Crippen MR) is 97.5 cm³/mol. The summed E-state index contributed by atoms with van der Waals surface area (Å²) >= 11 is 2.37. The molecule has 1 aliphatic heterocycles. The van der Waals surface area contributed by atoms with Crippen LogP contribution < -0.4 is 4.90 Å². The Labute approximate surface area is 146 Å². The van der Waals surface area contributed by atoms with E-state index in [0.717, 1.165) is 27.0 Å². The number of benzene rings is 2. The van der Waals surface area contributed by atoms with Crippen molar-refractivity contribution in [2.24, 2.45) is 4.99 Å². The third kappa shape index (κ3) is 3.49. The van der Waals surface area contributed by atoms with Gasteiger partial charge in [0.25, 0.3) is 5.91 Å². The molecule has 2 aromatic rings. The summed E-state index contributed by atoms with van der Waals surface area (Å²) in [7, 11) is 0. The number of hydrogen-bond donors (Lipinski definition) is 0. The maximum absolute atomic E-state index is 12.4. The lowest BCUT2D eigenvalue weighted by Gasteiger charge is -2.22. The van der Waals surface area contributed by atoms with Crippen LogP contribution in [0.3, 0.4) is 0 Å². The normalized spacial score (nSPS) is 15.7. The highest BCUT2D eigenvalue weighted by molar-refractivity contribution is 9.10. The second kappa shape index (κ2) is 6.86. The van der Waals surface area contributed by atoms with Crippen molar-refractivity contribution in [3.05, 3.63) is 64.1 Å². The van der Waals surface area contributed by atoms with Crippen molar-refractivity contribution in [1.82, 2.24) is 0 Å². The summed E-state index contributed by atoms with van der Waals surface area (Å²) < 4.78 is 12.6. The molecule has 1 atom stereocenters. The first-order chi connectivity index (χ1) is 11.1. The van der Waals surface area contributed by atoms with Gasteiger partial charge in [0.05, 0.1) is 17.7 Å². The lowest BCUT2D eigenvalue weighted by atomic mass is 10.0. The fraction of sp³-hybridized carbons (Fsp3) is 0.176. The molecule has 6 heteroatoms. The predicted octanol–water partition coefficient (Wildman–Crippen LogP) is 2.97. The number of anilines is 1. The largest absolute Gasteiger partial charge is 0.615 e. The number of rotatable bonds is 3. The summed E-state index contributed by atoms with van der Waals surface area (Å²) in [6, 6.07) is 15.5. The average molecular weight is 391 g/mol. The molecule has 1 amide bonds. The van der Waals surface area contributed by atoms with Gasteiger partial charge in [0.2, 0.25) is 0 Å². The topological polar surface area (TPSA) is 55.7 Å². The zero-order chi connectivity index (χ0) is 16.4. The van der Waals surface area contributed by atoms with Gasteiger partial charge in [0.1, 0.15) is 6.54 Å². The first kappa shape index (κ1) is 16.2. The molecule has 1 unspecified atom stereocenters. The number of amides is 1. The molecule has 0 spiro atoms. The van der Waals surface area contributed by atoms with Crippen LogP contribution in [0.25, 0.3) is 0 Å². The van der Waals surface area contributed by atoms with E-state index >= 15 is 0 Å². The van der Waals surface area contributed by atoms with E-state index in [1.165, 1.54) is 0 Å². The Morgan fingerprint density at radius 1 is 1.26 bits per heavy atom. The highest BCUT2D eigenvalue weighted by Gasteiger charge is 2.27. The van der Waals surface area contributed by atoms with Crippen molar-refractivity contribution in [1.29, 1.82) is 0 Å². The molecule has 0 fully saturated rings. The Bertz CT molecular complexity index is 762. The molecular weight excluding hydrogens is 376 g/mol. The van der Waals surface area contributed by atoms with Crippen molar-refractivity contribution in [3.63, 3.8) is 0 Å². The molecule has 4 nitrogen and oxygen atoms in total. The fourth-order valence-corrected chi connectivity index (χ4v) is 3.56. The van der Waals surface area contributed by atoms with E-state index in [9.17, 15) is 9.35 Å². The Hall–Kier alpha value is -1.63. The van der Waals surface area contributed by atoms with Gasteiger partial charge in [-0.3, -0.25) is 14.7 Å². The molecule has 0 N–H and O–H groups in total. The Morgan fingerprint density at radius 2 is 2.00 bits per heavy atom. The van der Waals surface area contributed by atoms with Crippen LogP contribution in [0.15, 0.2) is 58.0 Å². The van der Waals surface area contributed by atoms with Crippen molar-refractivity contribution >= 4 is 44.4 Å². The van der Waals surface area contributed by atoms with Crippen LogP contribution in [0, 0.1) is 0 Å². The number of hydrogen-bond acceptors (Lipinski definition) is 3. The van der Waals surface area contributed by atoms with Crippen molar-refractivity contribution < 1.29 is 9.35 Å². The molecule has 1 aliphatic rings. The van der Waals surface area contributed by atoms with Gasteiger partial charge in [0, 0.05) is 15.6 Å². The maximum Gasteiger partial charge on any atom is 0.252 e. The minimum Gasteiger partial charge on any atom is -0.615 e. The van der Waals surface area contributed by atoms with Gasteiger partial charge in [-0.05, 0) is 29.4 Å². The Kier molecular flexibility index (Phi) is 4.84. The molecule has 0 aliphatic carbocycles. The second-order valence-electron chi connectivity index (χ2n) is 5.22. The molecule has 1 heterocycles. The van der Waals surface area contributed by atoms with E-state index < -0.39 is 11.2 Å². The van der Waals surface area contributed by atoms with Gasteiger partial charge in [-0.15, -0.1) is 0 Å². The Balaban J connectivity index is 2.16. The highest BCUT2D eigenvalue weighted by atomic mass is 79.9. The number of fused-ring (bicyclic) bond motifs is 1. The van der Waals surface area contributed by atoms with E-state index in [0.29, 0.717) is 0 Å². The third-order valence-electron chi connectivity index (χ3n) is 3.54. The number of aliphatic imine (C=N–C) groups is 1. The molecule has 0 saturated carbocycles. The van der Waals surface area contributed by atoms with Crippen molar-refractivity contribution in [2.75, 3.05) is 23.6 Å². The molecule has 23 heavy (non-hydrogen) atoms. The summed E-state index contributed by atoms with van der Waals surface area (Å²) in [5.74, 6) is 0.0279. The zero-order valence-electron chi connectivity index (χ0n) is 12.5. The van der Waals surface area contributed by atoms with E-state index in [2.05, 4.69) is 20.9 Å². The summed E-state index contributed by atoms with van der Waals surface area (Å²) in [6.07, 6.45) is 1.59. The summed E-state index contributed by atoms with van der Waals surface area (Å²) in [5, 5.41) is 0. The van der Waals surface area contributed by atoms with Gasteiger partial charge in [-0.2, -0.15) is 0 Å². The lowest BCUT2D eigenvalue weighted by Crippen LogP contribution is -2.36. The van der Waals surface area contributed by atoms with E-state index in [-0.39, 0.29) is 18.3 Å². The first-order valence-electron chi connectivity index (χ1n) is 7.06. The van der Waals surface area contributed by atoms with Gasteiger partial charge in [-0.25, -0.2) is 0 Å². The molecule has 2 aromatic carbocycles. The number of nitrogens with zero attached hydrogens (tertiary/aromatic N) is 2. The number of carbonyl (C=O) groups is 1. The van der Waals surface area contributed by atoms with Crippen LogP contribution in [-0.4, -0.2) is 34.8 Å². The first-order valence-corrected chi connectivity index (χ1v) is 9.58. The third-order valence-corrected chi connectivity index (χ3v) is 4.65. The maximum atomic E-state index is 12.4.